The first kappa shape index (κ1) is 19.9. The van der Waals surface area contributed by atoms with E-state index < -0.39 is 10.8 Å². The second kappa shape index (κ2) is 8.87. The first-order valence-corrected chi connectivity index (χ1v) is 9.08. The molecule has 2 aromatic carbocycles. The second-order valence-electron chi connectivity index (χ2n) is 6.56. The van der Waals surface area contributed by atoms with Gasteiger partial charge >= 0.3 is 6.03 Å². The van der Waals surface area contributed by atoms with E-state index in [9.17, 15) is 19.7 Å². The molecule has 1 saturated carbocycles. The quantitative estimate of drug-likeness (QED) is 0.308. The van der Waals surface area contributed by atoms with Crippen LogP contribution in [0.25, 0.3) is 0 Å². The number of anilines is 3. The lowest BCUT2D eigenvalue weighted by Crippen LogP contribution is -2.28. The fourth-order valence-corrected chi connectivity index (χ4v) is 2.57. The molecule has 3 amide bonds. The van der Waals surface area contributed by atoms with Gasteiger partial charge in [0.2, 0.25) is 0 Å². The Labute approximate surface area is 167 Å². The molecule has 1 aliphatic carbocycles. The van der Waals surface area contributed by atoms with Crippen molar-refractivity contribution in [2.75, 3.05) is 22.5 Å². The van der Waals surface area contributed by atoms with E-state index >= 15 is 0 Å². The third-order valence-electron chi connectivity index (χ3n) is 4.20. The molecule has 4 N–H and O–H groups in total. The maximum Gasteiger partial charge on any atom is 0.319 e. The summed E-state index contributed by atoms with van der Waals surface area (Å²) in [5, 5.41) is 22.4. The Bertz CT molecular complexity index is 938. The van der Waals surface area contributed by atoms with Gasteiger partial charge in [-0.05, 0) is 49.2 Å². The van der Waals surface area contributed by atoms with Crippen LogP contribution in [-0.2, 0) is 0 Å². The lowest BCUT2D eigenvalue weighted by Gasteiger charge is -2.10. The Balaban J connectivity index is 1.65. The predicted molar refractivity (Wildman–Crippen MR) is 111 cm³/mol. The van der Waals surface area contributed by atoms with Gasteiger partial charge in [0.1, 0.15) is 5.69 Å². The van der Waals surface area contributed by atoms with Crippen molar-refractivity contribution in [2.45, 2.75) is 18.9 Å². The van der Waals surface area contributed by atoms with Gasteiger partial charge in [0, 0.05) is 35.6 Å². The normalized spacial score (nSPS) is 12.6. The Morgan fingerprint density at radius 3 is 2.34 bits per heavy atom. The average molecular weight is 395 g/mol. The number of nitro benzene ring substituents is 1. The average Bonchev–Trinajstić information content (AvgIpc) is 3.52. The summed E-state index contributed by atoms with van der Waals surface area (Å²) in [6, 6.07) is 10.8. The van der Waals surface area contributed by atoms with E-state index in [2.05, 4.69) is 27.8 Å². The number of nitro groups is 1. The number of hydrogen-bond acceptors (Lipinski definition) is 5. The summed E-state index contributed by atoms with van der Waals surface area (Å²) in [4.78, 5) is 34.9. The topological polar surface area (TPSA) is 125 Å². The van der Waals surface area contributed by atoms with Crippen LogP contribution >= 0.6 is 0 Å². The minimum Gasteiger partial charge on any atom is -0.377 e. The first-order valence-electron chi connectivity index (χ1n) is 9.08. The summed E-state index contributed by atoms with van der Waals surface area (Å²) in [5.74, 6) is -0.462. The molecular weight excluding hydrogens is 374 g/mol. The molecule has 0 aromatic heterocycles. The molecule has 0 aliphatic heterocycles. The molecule has 0 spiro atoms. The number of benzene rings is 2. The van der Waals surface area contributed by atoms with Crippen LogP contribution < -0.4 is 21.3 Å². The van der Waals surface area contributed by atoms with E-state index in [-0.39, 0.29) is 23.3 Å². The Kier molecular flexibility index (Phi) is 6.08. The van der Waals surface area contributed by atoms with Gasteiger partial charge in [0.05, 0.1) is 4.92 Å². The number of amides is 3. The molecule has 1 fully saturated rings. The van der Waals surface area contributed by atoms with Crippen molar-refractivity contribution >= 4 is 34.7 Å². The lowest BCUT2D eigenvalue weighted by atomic mass is 10.1. The summed E-state index contributed by atoms with van der Waals surface area (Å²) < 4.78 is 0. The van der Waals surface area contributed by atoms with Gasteiger partial charge < -0.3 is 21.3 Å². The maximum atomic E-state index is 12.5. The van der Waals surface area contributed by atoms with Gasteiger partial charge in [0.15, 0.2) is 0 Å². The molecule has 0 saturated heterocycles. The number of hydrogen-bond donors (Lipinski definition) is 4. The molecule has 9 nitrogen and oxygen atoms in total. The van der Waals surface area contributed by atoms with Gasteiger partial charge in [-0.3, -0.25) is 14.9 Å². The van der Waals surface area contributed by atoms with Gasteiger partial charge in [-0.2, -0.15) is 0 Å². The van der Waals surface area contributed by atoms with Crippen molar-refractivity contribution in [2.24, 2.45) is 0 Å². The standard InChI is InChI=1S/C20H21N5O4/c1-2-11-21-20(27)24-16-8-6-15(7-9-16)23-19(26)13-3-10-17(22-14-4-5-14)18(12-13)25(28)29/h2-3,6-10,12,14,22H,1,4-5,11H2,(H,23,26)(H2,21,24,27). The molecule has 0 heterocycles. The van der Waals surface area contributed by atoms with Crippen LogP contribution in [0, 0.1) is 10.1 Å². The highest BCUT2D eigenvalue weighted by atomic mass is 16.6. The summed E-state index contributed by atoms with van der Waals surface area (Å²) in [6.45, 7) is 3.86. The van der Waals surface area contributed by atoms with Gasteiger partial charge in [-0.15, -0.1) is 6.58 Å². The molecule has 0 atom stereocenters. The highest BCUT2D eigenvalue weighted by Gasteiger charge is 2.25. The highest BCUT2D eigenvalue weighted by molar-refractivity contribution is 6.05. The maximum absolute atomic E-state index is 12.5. The monoisotopic (exact) mass is 395 g/mol. The molecule has 1 aliphatic rings. The minimum atomic E-state index is -0.501. The number of nitrogens with one attached hydrogen (secondary N) is 4. The zero-order chi connectivity index (χ0) is 20.8. The third-order valence-corrected chi connectivity index (χ3v) is 4.20. The zero-order valence-corrected chi connectivity index (χ0v) is 15.6. The Morgan fingerprint density at radius 1 is 1.10 bits per heavy atom. The summed E-state index contributed by atoms with van der Waals surface area (Å²) in [5.41, 5.74) is 1.52. The molecular formula is C20H21N5O4. The number of rotatable bonds is 8. The molecule has 0 unspecified atom stereocenters. The van der Waals surface area contributed by atoms with E-state index in [1.165, 1.54) is 6.07 Å². The zero-order valence-electron chi connectivity index (χ0n) is 15.6. The van der Waals surface area contributed by atoms with E-state index in [1.807, 2.05) is 0 Å². The lowest BCUT2D eigenvalue weighted by molar-refractivity contribution is -0.384. The number of urea groups is 1. The van der Waals surface area contributed by atoms with Gasteiger partial charge in [0.25, 0.3) is 11.6 Å². The minimum absolute atomic E-state index is 0.130. The van der Waals surface area contributed by atoms with Gasteiger partial charge in [-0.1, -0.05) is 6.08 Å². The van der Waals surface area contributed by atoms with Crippen molar-refractivity contribution in [1.29, 1.82) is 0 Å². The van der Waals surface area contributed by atoms with Crippen molar-refractivity contribution in [3.63, 3.8) is 0 Å². The van der Waals surface area contributed by atoms with Crippen LogP contribution in [0.1, 0.15) is 23.2 Å². The van der Waals surface area contributed by atoms with Crippen molar-refractivity contribution in [3.05, 3.63) is 70.8 Å². The van der Waals surface area contributed by atoms with Crippen LogP contribution in [0.4, 0.5) is 27.5 Å². The molecule has 0 bridgehead atoms. The van der Waals surface area contributed by atoms with E-state index in [1.54, 1.807) is 42.5 Å². The van der Waals surface area contributed by atoms with Crippen LogP contribution in [0.15, 0.2) is 55.1 Å². The molecule has 29 heavy (non-hydrogen) atoms. The SMILES string of the molecule is C=CCNC(=O)Nc1ccc(NC(=O)c2ccc(NC3CC3)c([N+](=O)[O-])c2)cc1. The molecule has 3 rings (SSSR count). The predicted octanol–water partition coefficient (Wildman–Crippen LogP) is 3.73. The van der Waals surface area contributed by atoms with Crippen LogP contribution in [0.2, 0.25) is 0 Å². The van der Waals surface area contributed by atoms with Crippen molar-refractivity contribution in [3.8, 4) is 0 Å². The smallest absolute Gasteiger partial charge is 0.319 e. The van der Waals surface area contributed by atoms with Crippen molar-refractivity contribution < 1.29 is 14.5 Å². The van der Waals surface area contributed by atoms with E-state index in [0.29, 0.717) is 23.6 Å². The van der Waals surface area contributed by atoms with Crippen LogP contribution in [-0.4, -0.2) is 29.4 Å². The van der Waals surface area contributed by atoms with Crippen molar-refractivity contribution in [1.82, 2.24) is 5.32 Å². The third kappa shape index (κ3) is 5.55. The van der Waals surface area contributed by atoms with Gasteiger partial charge in [-0.25, -0.2) is 4.79 Å². The summed E-state index contributed by atoms with van der Waals surface area (Å²) in [7, 11) is 0. The van der Waals surface area contributed by atoms with Crippen LogP contribution in [0.3, 0.4) is 0 Å². The first-order chi connectivity index (χ1) is 14.0. The van der Waals surface area contributed by atoms with Crippen LogP contribution in [0.5, 0.6) is 0 Å². The largest absolute Gasteiger partial charge is 0.377 e. The summed E-state index contributed by atoms with van der Waals surface area (Å²) in [6.07, 6.45) is 3.54. The Hall–Kier alpha value is -3.88. The summed E-state index contributed by atoms with van der Waals surface area (Å²) >= 11 is 0. The fourth-order valence-electron chi connectivity index (χ4n) is 2.57. The number of carbonyl (C=O) groups is 2. The van der Waals surface area contributed by atoms with E-state index in [0.717, 1.165) is 12.8 Å². The highest BCUT2D eigenvalue weighted by Crippen LogP contribution is 2.31. The molecule has 0 radical (unpaired) electrons. The molecule has 9 heteroatoms. The molecule has 150 valence electrons. The number of carbonyl (C=O) groups excluding carboxylic acids is 2. The number of nitrogens with zero attached hydrogens (tertiary/aromatic N) is 1. The van der Waals surface area contributed by atoms with E-state index in [4.69, 9.17) is 0 Å². The Morgan fingerprint density at radius 2 is 1.76 bits per heavy atom. The second-order valence-corrected chi connectivity index (χ2v) is 6.56. The fraction of sp³-hybridized carbons (Fsp3) is 0.200. The molecule has 2 aromatic rings.